The zero-order valence-corrected chi connectivity index (χ0v) is 5.32. The number of rotatable bonds is 2. The lowest BCUT2D eigenvalue weighted by molar-refractivity contribution is -0.146. The van der Waals surface area contributed by atoms with E-state index in [4.69, 9.17) is 5.11 Å². The first-order valence-corrected chi connectivity index (χ1v) is 3.07. The van der Waals surface area contributed by atoms with E-state index in [0.717, 1.165) is 0 Å². The molecule has 0 spiro atoms. The van der Waals surface area contributed by atoms with Gasteiger partial charge < -0.3 is 14.6 Å². The summed E-state index contributed by atoms with van der Waals surface area (Å²) in [6.45, 7) is 0. The molecule has 56 valence electrons. The van der Waals surface area contributed by atoms with E-state index in [-0.39, 0.29) is 5.97 Å². The SMILES string of the molecule is O=C[C@H](O)[C@@H]1CCC(=O)O1. The molecule has 1 N–H and O–H groups in total. The summed E-state index contributed by atoms with van der Waals surface area (Å²) in [5.41, 5.74) is 0. The first-order valence-electron chi connectivity index (χ1n) is 3.07. The highest BCUT2D eigenvalue weighted by molar-refractivity contribution is 5.72. The van der Waals surface area contributed by atoms with Crippen LogP contribution in [0.5, 0.6) is 0 Å². The number of esters is 1. The highest BCUT2D eigenvalue weighted by Gasteiger charge is 2.29. The van der Waals surface area contributed by atoms with Crippen molar-refractivity contribution in [2.75, 3.05) is 0 Å². The standard InChI is InChI=1S/C6H8O4/c7-3-4(8)5-1-2-6(9)10-5/h3-5,8H,1-2H2/t4-,5-/m0/s1. The Morgan fingerprint density at radius 3 is 2.90 bits per heavy atom. The molecule has 4 nitrogen and oxygen atoms in total. The average Bonchev–Trinajstić information content (AvgIpc) is 2.34. The van der Waals surface area contributed by atoms with Crippen molar-refractivity contribution in [1.29, 1.82) is 0 Å². The largest absolute Gasteiger partial charge is 0.459 e. The molecule has 1 rings (SSSR count). The van der Waals surface area contributed by atoms with Gasteiger partial charge in [0.2, 0.25) is 0 Å². The Morgan fingerprint density at radius 1 is 1.80 bits per heavy atom. The monoisotopic (exact) mass is 144 g/mol. The van der Waals surface area contributed by atoms with E-state index in [1.54, 1.807) is 0 Å². The molecule has 10 heavy (non-hydrogen) atoms. The van der Waals surface area contributed by atoms with Gasteiger partial charge in [0.15, 0.2) is 6.29 Å². The fraction of sp³-hybridized carbons (Fsp3) is 0.667. The molecular weight excluding hydrogens is 136 g/mol. The average molecular weight is 144 g/mol. The summed E-state index contributed by atoms with van der Waals surface area (Å²) in [4.78, 5) is 20.4. The van der Waals surface area contributed by atoms with Crippen molar-refractivity contribution in [3.8, 4) is 0 Å². The van der Waals surface area contributed by atoms with Crippen LogP contribution in [0.3, 0.4) is 0 Å². The number of aliphatic hydroxyl groups is 1. The molecule has 0 saturated carbocycles. The molecule has 1 aliphatic rings. The van der Waals surface area contributed by atoms with Gasteiger partial charge >= 0.3 is 5.97 Å². The molecule has 0 aromatic carbocycles. The minimum absolute atomic E-state index is 0.301. The molecule has 1 saturated heterocycles. The third-order valence-corrected chi connectivity index (χ3v) is 1.44. The third-order valence-electron chi connectivity index (χ3n) is 1.44. The Balaban J connectivity index is 2.43. The zero-order valence-electron chi connectivity index (χ0n) is 5.32. The van der Waals surface area contributed by atoms with Crippen LogP contribution in [0, 0.1) is 0 Å². The van der Waals surface area contributed by atoms with Crippen LogP contribution in [-0.2, 0) is 14.3 Å². The summed E-state index contributed by atoms with van der Waals surface area (Å²) >= 11 is 0. The molecular formula is C6H8O4. The van der Waals surface area contributed by atoms with Crippen molar-refractivity contribution in [1.82, 2.24) is 0 Å². The Labute approximate surface area is 57.8 Å². The number of cyclic esters (lactones) is 1. The molecule has 0 radical (unpaired) electrons. The van der Waals surface area contributed by atoms with E-state index in [1.807, 2.05) is 0 Å². The number of aliphatic hydroxyl groups excluding tert-OH is 1. The minimum atomic E-state index is -1.15. The molecule has 0 aromatic rings. The maximum Gasteiger partial charge on any atom is 0.306 e. The van der Waals surface area contributed by atoms with E-state index < -0.39 is 12.2 Å². The van der Waals surface area contributed by atoms with Crippen LogP contribution in [0.4, 0.5) is 0 Å². The molecule has 1 fully saturated rings. The van der Waals surface area contributed by atoms with E-state index in [0.29, 0.717) is 19.1 Å². The van der Waals surface area contributed by atoms with Gasteiger partial charge in [-0.2, -0.15) is 0 Å². The van der Waals surface area contributed by atoms with Crippen molar-refractivity contribution >= 4 is 12.3 Å². The topological polar surface area (TPSA) is 63.6 Å². The zero-order chi connectivity index (χ0) is 7.56. The summed E-state index contributed by atoms with van der Waals surface area (Å²) in [6, 6.07) is 0. The van der Waals surface area contributed by atoms with Gasteiger partial charge in [-0.25, -0.2) is 0 Å². The first-order chi connectivity index (χ1) is 4.74. The van der Waals surface area contributed by atoms with Gasteiger partial charge in [-0.05, 0) is 6.42 Å². The normalized spacial score (nSPS) is 27.7. The fourth-order valence-corrected chi connectivity index (χ4v) is 0.875. The number of aldehydes is 1. The number of carbonyl (C=O) groups excluding carboxylic acids is 2. The van der Waals surface area contributed by atoms with Crippen LogP contribution in [-0.4, -0.2) is 29.6 Å². The third kappa shape index (κ3) is 1.33. The molecule has 0 amide bonds. The van der Waals surface area contributed by atoms with Gasteiger partial charge in [0.1, 0.15) is 12.2 Å². The van der Waals surface area contributed by atoms with Crippen molar-refractivity contribution in [3.63, 3.8) is 0 Å². The van der Waals surface area contributed by atoms with Gasteiger partial charge in [0.05, 0.1) is 0 Å². The molecule has 0 bridgehead atoms. The lowest BCUT2D eigenvalue weighted by Gasteiger charge is -2.09. The molecule has 0 aliphatic carbocycles. The van der Waals surface area contributed by atoms with Gasteiger partial charge in [-0.1, -0.05) is 0 Å². The van der Waals surface area contributed by atoms with E-state index in [9.17, 15) is 9.59 Å². The van der Waals surface area contributed by atoms with Crippen molar-refractivity contribution in [2.24, 2.45) is 0 Å². The second kappa shape index (κ2) is 2.79. The Kier molecular flexibility index (Phi) is 2.01. The lowest BCUT2D eigenvalue weighted by Crippen LogP contribution is -2.26. The summed E-state index contributed by atoms with van der Waals surface area (Å²) < 4.78 is 4.59. The number of carbonyl (C=O) groups is 2. The minimum Gasteiger partial charge on any atom is -0.459 e. The van der Waals surface area contributed by atoms with Crippen LogP contribution in [0.25, 0.3) is 0 Å². The maximum absolute atomic E-state index is 10.4. The smallest absolute Gasteiger partial charge is 0.306 e. The number of ether oxygens (including phenoxy) is 1. The van der Waals surface area contributed by atoms with Crippen LogP contribution < -0.4 is 0 Å². The number of hydrogen-bond acceptors (Lipinski definition) is 4. The van der Waals surface area contributed by atoms with E-state index >= 15 is 0 Å². The second-order valence-electron chi connectivity index (χ2n) is 2.19. The van der Waals surface area contributed by atoms with E-state index in [1.165, 1.54) is 0 Å². The van der Waals surface area contributed by atoms with Crippen LogP contribution in [0.15, 0.2) is 0 Å². The molecule has 0 unspecified atom stereocenters. The molecule has 2 atom stereocenters. The highest BCUT2D eigenvalue weighted by Crippen LogP contribution is 2.15. The Morgan fingerprint density at radius 2 is 2.50 bits per heavy atom. The molecule has 1 aliphatic heterocycles. The van der Waals surface area contributed by atoms with Crippen LogP contribution in [0.2, 0.25) is 0 Å². The van der Waals surface area contributed by atoms with Crippen molar-refractivity contribution < 1.29 is 19.4 Å². The van der Waals surface area contributed by atoms with Crippen LogP contribution >= 0.6 is 0 Å². The molecule has 0 aromatic heterocycles. The summed E-state index contributed by atoms with van der Waals surface area (Å²) in [5, 5.41) is 8.83. The van der Waals surface area contributed by atoms with Gasteiger partial charge in [-0.15, -0.1) is 0 Å². The van der Waals surface area contributed by atoms with Crippen molar-refractivity contribution in [3.05, 3.63) is 0 Å². The number of hydrogen-bond donors (Lipinski definition) is 1. The predicted octanol–water partition coefficient (Wildman–Crippen LogP) is -0.748. The summed E-state index contributed by atoms with van der Waals surface area (Å²) in [7, 11) is 0. The Bertz CT molecular complexity index is 154. The van der Waals surface area contributed by atoms with E-state index in [2.05, 4.69) is 4.74 Å². The molecule has 4 heteroatoms. The lowest BCUT2D eigenvalue weighted by atomic mass is 10.1. The quantitative estimate of drug-likeness (QED) is 0.409. The maximum atomic E-state index is 10.4. The highest BCUT2D eigenvalue weighted by atomic mass is 16.6. The van der Waals surface area contributed by atoms with Crippen LogP contribution in [0.1, 0.15) is 12.8 Å². The second-order valence-corrected chi connectivity index (χ2v) is 2.19. The fourth-order valence-electron chi connectivity index (χ4n) is 0.875. The van der Waals surface area contributed by atoms with Gasteiger partial charge in [0, 0.05) is 6.42 Å². The summed E-state index contributed by atoms with van der Waals surface area (Å²) in [5.74, 6) is -0.342. The molecule has 1 heterocycles. The van der Waals surface area contributed by atoms with Crippen molar-refractivity contribution in [2.45, 2.75) is 25.0 Å². The summed E-state index contributed by atoms with van der Waals surface area (Å²) in [6.07, 6.45) is -0.631. The predicted molar refractivity (Wildman–Crippen MR) is 31.2 cm³/mol. The van der Waals surface area contributed by atoms with Gasteiger partial charge in [0.25, 0.3) is 0 Å². The first kappa shape index (κ1) is 7.21. The Hall–Kier alpha value is -0.900. The van der Waals surface area contributed by atoms with Gasteiger partial charge in [-0.3, -0.25) is 4.79 Å².